The summed E-state index contributed by atoms with van der Waals surface area (Å²) in [5.74, 6) is -1.43. The molecule has 2 N–H and O–H groups in total. The zero-order valence-corrected chi connectivity index (χ0v) is 14.0. The molecule has 21 heavy (non-hydrogen) atoms. The number of aliphatic carboxylic acids is 1. The fourth-order valence-corrected chi connectivity index (χ4v) is 2.56. The Kier molecular flexibility index (Phi) is 11.0. The lowest BCUT2D eigenvalue weighted by atomic mass is 9.83. The van der Waals surface area contributed by atoms with Gasteiger partial charge in [-0.25, -0.2) is 0 Å². The number of carboxylic acids is 1. The topological polar surface area (TPSA) is 66.4 Å². The number of amides is 1. The standard InChI is InChI=1S/C17H33NO3/c1-4-5-6-7-8-9-10-11-12-13-14-17(2,16(20)21)15(19)18-3/h4-14H2,1-3H3,(H,18,19)(H,20,21). The van der Waals surface area contributed by atoms with E-state index in [4.69, 9.17) is 0 Å². The number of carbonyl (C=O) groups is 2. The van der Waals surface area contributed by atoms with Crippen LogP contribution in [0.25, 0.3) is 0 Å². The van der Waals surface area contributed by atoms with Crippen molar-refractivity contribution in [2.24, 2.45) is 5.41 Å². The van der Waals surface area contributed by atoms with E-state index in [1.807, 2.05) is 0 Å². The lowest BCUT2D eigenvalue weighted by Gasteiger charge is -2.22. The Hall–Kier alpha value is -1.06. The molecule has 0 radical (unpaired) electrons. The van der Waals surface area contributed by atoms with Gasteiger partial charge in [0, 0.05) is 7.05 Å². The quantitative estimate of drug-likeness (QED) is 0.397. The summed E-state index contributed by atoms with van der Waals surface area (Å²) in [6.07, 6.45) is 12.5. The van der Waals surface area contributed by atoms with Crippen molar-refractivity contribution in [2.75, 3.05) is 7.05 Å². The van der Waals surface area contributed by atoms with E-state index in [1.165, 1.54) is 58.9 Å². The van der Waals surface area contributed by atoms with Gasteiger partial charge in [-0.05, 0) is 13.3 Å². The fraction of sp³-hybridized carbons (Fsp3) is 0.882. The summed E-state index contributed by atoms with van der Waals surface area (Å²) >= 11 is 0. The monoisotopic (exact) mass is 299 g/mol. The Labute approximate surface area is 129 Å². The van der Waals surface area contributed by atoms with Crippen LogP contribution in [0.5, 0.6) is 0 Å². The van der Waals surface area contributed by atoms with E-state index in [0.29, 0.717) is 6.42 Å². The number of unbranched alkanes of at least 4 members (excludes halogenated alkanes) is 9. The molecule has 4 heteroatoms. The van der Waals surface area contributed by atoms with Crippen LogP contribution in [0.3, 0.4) is 0 Å². The van der Waals surface area contributed by atoms with Crippen molar-refractivity contribution in [2.45, 2.75) is 84.5 Å². The molecule has 1 unspecified atom stereocenters. The van der Waals surface area contributed by atoms with E-state index in [2.05, 4.69) is 12.2 Å². The Bertz CT molecular complexity index is 304. The molecular formula is C17H33NO3. The second-order valence-electron chi connectivity index (χ2n) is 6.15. The van der Waals surface area contributed by atoms with Crippen LogP contribution in [0.1, 0.15) is 84.5 Å². The van der Waals surface area contributed by atoms with Gasteiger partial charge in [0.15, 0.2) is 0 Å². The molecule has 0 rings (SSSR count). The van der Waals surface area contributed by atoms with E-state index >= 15 is 0 Å². The molecule has 4 nitrogen and oxygen atoms in total. The number of carbonyl (C=O) groups excluding carboxylic acids is 1. The highest BCUT2D eigenvalue weighted by Crippen LogP contribution is 2.25. The first kappa shape index (κ1) is 19.9. The third kappa shape index (κ3) is 8.08. The summed E-state index contributed by atoms with van der Waals surface area (Å²) < 4.78 is 0. The molecule has 0 aromatic rings. The van der Waals surface area contributed by atoms with Crippen LogP contribution in [0.4, 0.5) is 0 Å². The van der Waals surface area contributed by atoms with Crippen molar-refractivity contribution in [3.63, 3.8) is 0 Å². The number of rotatable bonds is 13. The molecule has 0 spiro atoms. The minimum atomic E-state index is -1.28. The van der Waals surface area contributed by atoms with Crippen molar-refractivity contribution in [3.05, 3.63) is 0 Å². The lowest BCUT2D eigenvalue weighted by molar-refractivity contribution is -0.155. The molecule has 124 valence electrons. The lowest BCUT2D eigenvalue weighted by Crippen LogP contribution is -2.43. The minimum Gasteiger partial charge on any atom is -0.480 e. The molecule has 0 saturated carbocycles. The average Bonchev–Trinajstić information content (AvgIpc) is 2.47. The van der Waals surface area contributed by atoms with Gasteiger partial charge in [-0.1, -0.05) is 71.1 Å². The zero-order valence-electron chi connectivity index (χ0n) is 14.0. The molecule has 0 aliphatic heterocycles. The summed E-state index contributed by atoms with van der Waals surface area (Å²) in [6, 6.07) is 0. The predicted molar refractivity (Wildman–Crippen MR) is 86.3 cm³/mol. The van der Waals surface area contributed by atoms with Gasteiger partial charge in [-0.3, -0.25) is 9.59 Å². The number of hydrogen-bond donors (Lipinski definition) is 2. The van der Waals surface area contributed by atoms with Gasteiger partial charge in [-0.2, -0.15) is 0 Å². The van der Waals surface area contributed by atoms with Crippen LogP contribution in [0.15, 0.2) is 0 Å². The highest BCUT2D eigenvalue weighted by atomic mass is 16.4. The van der Waals surface area contributed by atoms with Crippen molar-refractivity contribution in [1.29, 1.82) is 0 Å². The Morgan fingerprint density at radius 3 is 1.71 bits per heavy atom. The maximum Gasteiger partial charge on any atom is 0.318 e. The van der Waals surface area contributed by atoms with Gasteiger partial charge in [0.2, 0.25) is 5.91 Å². The molecule has 0 heterocycles. The van der Waals surface area contributed by atoms with Crippen LogP contribution in [-0.2, 0) is 9.59 Å². The molecule has 0 aromatic heterocycles. The Morgan fingerprint density at radius 1 is 0.905 bits per heavy atom. The van der Waals surface area contributed by atoms with Crippen LogP contribution in [0, 0.1) is 5.41 Å². The van der Waals surface area contributed by atoms with Gasteiger partial charge < -0.3 is 10.4 Å². The summed E-state index contributed by atoms with van der Waals surface area (Å²) in [5, 5.41) is 11.7. The third-order valence-corrected chi connectivity index (χ3v) is 4.23. The first-order chi connectivity index (χ1) is 9.99. The highest BCUT2D eigenvalue weighted by Gasteiger charge is 2.39. The molecule has 1 atom stereocenters. The van der Waals surface area contributed by atoms with Crippen LogP contribution >= 0.6 is 0 Å². The van der Waals surface area contributed by atoms with E-state index in [-0.39, 0.29) is 0 Å². The Morgan fingerprint density at radius 2 is 1.33 bits per heavy atom. The normalized spacial score (nSPS) is 13.7. The van der Waals surface area contributed by atoms with Crippen LogP contribution in [-0.4, -0.2) is 24.0 Å². The van der Waals surface area contributed by atoms with Gasteiger partial charge >= 0.3 is 5.97 Å². The Balaban J connectivity index is 3.69. The predicted octanol–water partition coefficient (Wildman–Crippen LogP) is 4.13. The smallest absolute Gasteiger partial charge is 0.318 e. The summed E-state index contributed by atoms with van der Waals surface area (Å²) in [6.45, 7) is 3.74. The van der Waals surface area contributed by atoms with Crippen LogP contribution < -0.4 is 5.32 Å². The van der Waals surface area contributed by atoms with Crippen molar-refractivity contribution in [1.82, 2.24) is 5.32 Å². The molecule has 0 aliphatic carbocycles. The van der Waals surface area contributed by atoms with Crippen molar-refractivity contribution >= 4 is 11.9 Å². The second-order valence-corrected chi connectivity index (χ2v) is 6.15. The molecule has 0 saturated heterocycles. The number of hydrogen-bond acceptors (Lipinski definition) is 2. The summed E-state index contributed by atoms with van der Waals surface area (Å²) in [5.41, 5.74) is -1.28. The SMILES string of the molecule is CCCCCCCCCCCCC(C)(C(=O)O)C(=O)NC. The molecule has 0 bridgehead atoms. The first-order valence-corrected chi connectivity index (χ1v) is 8.44. The summed E-state index contributed by atoms with van der Waals surface area (Å²) in [4.78, 5) is 22.9. The van der Waals surface area contributed by atoms with Crippen LogP contribution in [0.2, 0.25) is 0 Å². The average molecular weight is 299 g/mol. The molecule has 0 fully saturated rings. The third-order valence-electron chi connectivity index (χ3n) is 4.23. The van der Waals surface area contributed by atoms with Crippen molar-refractivity contribution in [3.8, 4) is 0 Å². The van der Waals surface area contributed by atoms with Gasteiger partial charge in [0.05, 0.1) is 0 Å². The minimum absolute atomic E-state index is 0.397. The van der Waals surface area contributed by atoms with E-state index in [9.17, 15) is 14.7 Å². The van der Waals surface area contributed by atoms with Gasteiger partial charge in [0.1, 0.15) is 5.41 Å². The second kappa shape index (κ2) is 11.6. The molecule has 1 amide bonds. The van der Waals surface area contributed by atoms with E-state index in [0.717, 1.165) is 19.3 Å². The number of carboxylic acid groups (broad SMARTS) is 1. The number of nitrogens with one attached hydrogen (secondary N) is 1. The zero-order chi connectivity index (χ0) is 16.1. The first-order valence-electron chi connectivity index (χ1n) is 8.44. The molecular weight excluding hydrogens is 266 g/mol. The van der Waals surface area contributed by atoms with E-state index < -0.39 is 17.3 Å². The molecule has 0 aromatic carbocycles. The maximum absolute atomic E-state index is 11.7. The summed E-state index contributed by atoms with van der Waals surface area (Å²) in [7, 11) is 1.49. The maximum atomic E-state index is 11.7. The fourth-order valence-electron chi connectivity index (χ4n) is 2.56. The molecule has 0 aliphatic rings. The van der Waals surface area contributed by atoms with Crippen molar-refractivity contribution < 1.29 is 14.7 Å². The van der Waals surface area contributed by atoms with Gasteiger partial charge in [-0.15, -0.1) is 0 Å². The highest BCUT2D eigenvalue weighted by molar-refractivity contribution is 6.01. The van der Waals surface area contributed by atoms with Gasteiger partial charge in [0.25, 0.3) is 0 Å². The van der Waals surface area contributed by atoms with E-state index in [1.54, 1.807) is 0 Å². The largest absolute Gasteiger partial charge is 0.480 e.